The lowest BCUT2D eigenvalue weighted by Crippen LogP contribution is -2.26. The first kappa shape index (κ1) is 20.5. The van der Waals surface area contributed by atoms with Crippen molar-refractivity contribution in [3.05, 3.63) is 59.7 Å². The minimum absolute atomic E-state index is 0.165. The molecule has 0 aliphatic rings. The first-order valence-electron chi connectivity index (χ1n) is 8.34. The zero-order valence-corrected chi connectivity index (χ0v) is 16.3. The molecule has 1 atom stereocenters. The number of hydrogen-bond donors (Lipinski definition) is 1. The molecule has 7 heteroatoms. The molecule has 2 rings (SSSR count). The average molecular weight is 386 g/mol. The topological polar surface area (TPSA) is 77.0 Å². The molecule has 27 heavy (non-hydrogen) atoms. The second-order valence-corrected chi connectivity index (χ2v) is 7.16. The standard InChI is InChI=1S/C20H22N2O4S/c1-14-7-9-18(10-8-14)27-15(2)20(24)22-21-12-16-5-4-6-17(11-16)26-13-19(23)25-3/h4-12,15H,13H2,1-3H3,(H,22,24)/b21-12-/t15-/m1/s1. The summed E-state index contributed by atoms with van der Waals surface area (Å²) in [4.78, 5) is 24.3. The van der Waals surface area contributed by atoms with Crippen molar-refractivity contribution in [2.75, 3.05) is 13.7 Å². The van der Waals surface area contributed by atoms with Crippen LogP contribution in [0.3, 0.4) is 0 Å². The summed E-state index contributed by atoms with van der Waals surface area (Å²) in [5.41, 5.74) is 4.45. The van der Waals surface area contributed by atoms with E-state index in [-0.39, 0.29) is 17.8 Å². The number of hydrazone groups is 1. The summed E-state index contributed by atoms with van der Waals surface area (Å²) < 4.78 is 9.84. The Morgan fingerprint density at radius 1 is 1.22 bits per heavy atom. The van der Waals surface area contributed by atoms with E-state index in [9.17, 15) is 9.59 Å². The van der Waals surface area contributed by atoms with E-state index in [0.717, 1.165) is 10.5 Å². The Morgan fingerprint density at radius 2 is 1.96 bits per heavy atom. The number of carbonyl (C=O) groups is 2. The first-order valence-corrected chi connectivity index (χ1v) is 9.22. The van der Waals surface area contributed by atoms with Crippen LogP contribution in [0.4, 0.5) is 0 Å². The minimum atomic E-state index is -0.457. The Labute approximate surface area is 162 Å². The van der Waals surface area contributed by atoms with Crippen LogP contribution in [0.1, 0.15) is 18.1 Å². The first-order chi connectivity index (χ1) is 13.0. The van der Waals surface area contributed by atoms with Crippen LogP contribution >= 0.6 is 11.8 Å². The number of nitrogens with zero attached hydrogens (tertiary/aromatic N) is 1. The van der Waals surface area contributed by atoms with Crippen LogP contribution in [0.5, 0.6) is 5.75 Å². The number of carbonyl (C=O) groups excluding carboxylic acids is 2. The monoisotopic (exact) mass is 386 g/mol. The normalized spacial score (nSPS) is 11.8. The molecular weight excluding hydrogens is 364 g/mol. The Balaban J connectivity index is 1.85. The molecule has 0 aromatic heterocycles. The van der Waals surface area contributed by atoms with Crippen molar-refractivity contribution < 1.29 is 19.1 Å². The van der Waals surface area contributed by atoms with E-state index in [1.807, 2.05) is 44.2 Å². The Kier molecular flexibility index (Phi) is 7.88. The molecule has 142 valence electrons. The highest BCUT2D eigenvalue weighted by Gasteiger charge is 2.13. The van der Waals surface area contributed by atoms with Crippen molar-refractivity contribution in [2.24, 2.45) is 5.10 Å². The number of esters is 1. The third kappa shape index (κ3) is 7.15. The molecule has 6 nitrogen and oxygen atoms in total. The predicted octanol–water partition coefficient (Wildman–Crippen LogP) is 3.18. The van der Waals surface area contributed by atoms with Gasteiger partial charge in [-0.1, -0.05) is 29.8 Å². The van der Waals surface area contributed by atoms with Crippen LogP contribution < -0.4 is 10.2 Å². The van der Waals surface area contributed by atoms with Gasteiger partial charge in [-0.25, -0.2) is 10.2 Å². The summed E-state index contributed by atoms with van der Waals surface area (Å²) in [5.74, 6) is -0.129. The molecule has 0 spiro atoms. The molecule has 1 amide bonds. The third-order valence-electron chi connectivity index (χ3n) is 3.53. The number of rotatable bonds is 8. The molecule has 1 N–H and O–H groups in total. The van der Waals surface area contributed by atoms with Crippen LogP contribution in [-0.2, 0) is 14.3 Å². The van der Waals surface area contributed by atoms with Crippen LogP contribution in [0, 0.1) is 6.92 Å². The van der Waals surface area contributed by atoms with Gasteiger partial charge in [-0.15, -0.1) is 11.8 Å². The summed E-state index contributed by atoms with van der Waals surface area (Å²) >= 11 is 1.47. The number of aryl methyl sites for hydroxylation is 1. The van der Waals surface area contributed by atoms with Gasteiger partial charge >= 0.3 is 5.97 Å². The number of thioether (sulfide) groups is 1. The van der Waals surface area contributed by atoms with E-state index in [1.54, 1.807) is 18.2 Å². The number of ether oxygens (including phenoxy) is 2. The third-order valence-corrected chi connectivity index (χ3v) is 4.65. The molecule has 0 saturated heterocycles. The molecule has 0 aliphatic heterocycles. The highest BCUT2D eigenvalue weighted by molar-refractivity contribution is 8.00. The van der Waals surface area contributed by atoms with Gasteiger partial charge in [0, 0.05) is 4.90 Å². The summed E-state index contributed by atoms with van der Waals surface area (Å²) in [7, 11) is 1.30. The lowest BCUT2D eigenvalue weighted by Gasteiger charge is -2.09. The fraction of sp³-hybridized carbons (Fsp3) is 0.250. The lowest BCUT2D eigenvalue weighted by atomic mass is 10.2. The van der Waals surface area contributed by atoms with Gasteiger partial charge < -0.3 is 9.47 Å². The van der Waals surface area contributed by atoms with Crippen molar-refractivity contribution in [1.82, 2.24) is 5.43 Å². The maximum Gasteiger partial charge on any atom is 0.343 e. The molecule has 2 aromatic rings. The summed E-state index contributed by atoms with van der Waals surface area (Å²) in [6.45, 7) is 3.69. The molecule has 0 aliphatic carbocycles. The van der Waals surface area contributed by atoms with Gasteiger partial charge in [0.1, 0.15) is 5.75 Å². The van der Waals surface area contributed by atoms with Crippen molar-refractivity contribution in [3.63, 3.8) is 0 Å². The van der Waals surface area contributed by atoms with E-state index >= 15 is 0 Å². The summed E-state index contributed by atoms with van der Waals surface area (Å²) in [5, 5.41) is 3.71. The van der Waals surface area contributed by atoms with Gasteiger partial charge in [0.05, 0.1) is 18.6 Å². The maximum absolute atomic E-state index is 12.2. The molecular formula is C20H22N2O4S. The van der Waals surface area contributed by atoms with Crippen LogP contribution in [0.15, 0.2) is 58.5 Å². The molecule has 2 aromatic carbocycles. The van der Waals surface area contributed by atoms with Crippen molar-refractivity contribution in [2.45, 2.75) is 24.0 Å². The number of methoxy groups -OCH3 is 1. The summed E-state index contributed by atoms with van der Waals surface area (Å²) in [6, 6.07) is 15.0. The maximum atomic E-state index is 12.2. The second kappa shape index (κ2) is 10.4. The molecule has 0 heterocycles. The van der Waals surface area contributed by atoms with Gasteiger partial charge in [0.25, 0.3) is 5.91 Å². The summed E-state index contributed by atoms with van der Waals surface area (Å²) in [6.07, 6.45) is 1.52. The van der Waals surface area contributed by atoms with E-state index in [2.05, 4.69) is 15.3 Å². The van der Waals surface area contributed by atoms with Crippen LogP contribution in [-0.4, -0.2) is 37.1 Å². The SMILES string of the molecule is COC(=O)COc1cccc(/C=N\NC(=O)[C@@H](C)Sc2ccc(C)cc2)c1. The Morgan fingerprint density at radius 3 is 2.67 bits per heavy atom. The quantitative estimate of drug-likeness (QED) is 0.326. The fourth-order valence-electron chi connectivity index (χ4n) is 2.02. The highest BCUT2D eigenvalue weighted by Crippen LogP contribution is 2.23. The second-order valence-electron chi connectivity index (χ2n) is 5.74. The van der Waals surface area contributed by atoms with Crippen LogP contribution in [0.2, 0.25) is 0 Å². The van der Waals surface area contributed by atoms with E-state index in [4.69, 9.17) is 4.74 Å². The van der Waals surface area contributed by atoms with E-state index in [1.165, 1.54) is 30.6 Å². The minimum Gasteiger partial charge on any atom is -0.482 e. The Hall–Kier alpha value is -2.80. The lowest BCUT2D eigenvalue weighted by molar-refractivity contribution is -0.142. The number of nitrogens with one attached hydrogen (secondary N) is 1. The molecule has 0 bridgehead atoms. The molecule has 0 radical (unpaired) electrons. The Bertz CT molecular complexity index is 806. The van der Waals surface area contributed by atoms with E-state index < -0.39 is 5.97 Å². The van der Waals surface area contributed by atoms with Crippen molar-refractivity contribution >= 4 is 29.9 Å². The molecule has 0 saturated carbocycles. The van der Waals surface area contributed by atoms with Crippen molar-refractivity contribution in [3.8, 4) is 5.75 Å². The molecule has 0 fully saturated rings. The van der Waals surface area contributed by atoms with Gasteiger partial charge in [-0.2, -0.15) is 5.10 Å². The predicted molar refractivity (Wildman–Crippen MR) is 106 cm³/mol. The zero-order valence-electron chi connectivity index (χ0n) is 15.5. The largest absolute Gasteiger partial charge is 0.482 e. The number of benzene rings is 2. The van der Waals surface area contributed by atoms with Crippen LogP contribution in [0.25, 0.3) is 0 Å². The van der Waals surface area contributed by atoms with E-state index in [0.29, 0.717) is 5.75 Å². The molecule has 0 unspecified atom stereocenters. The highest BCUT2D eigenvalue weighted by atomic mass is 32.2. The van der Waals surface area contributed by atoms with Gasteiger partial charge in [0.2, 0.25) is 0 Å². The fourth-order valence-corrected chi connectivity index (χ4v) is 2.88. The van der Waals surface area contributed by atoms with Gasteiger partial charge in [-0.3, -0.25) is 4.79 Å². The number of amides is 1. The number of hydrogen-bond acceptors (Lipinski definition) is 6. The van der Waals surface area contributed by atoms with Crippen molar-refractivity contribution in [1.29, 1.82) is 0 Å². The average Bonchev–Trinajstić information content (AvgIpc) is 2.68. The van der Waals surface area contributed by atoms with Gasteiger partial charge in [0.15, 0.2) is 6.61 Å². The zero-order chi connectivity index (χ0) is 19.6. The smallest absolute Gasteiger partial charge is 0.343 e. The van der Waals surface area contributed by atoms with Gasteiger partial charge in [-0.05, 0) is 43.7 Å².